The van der Waals surface area contributed by atoms with Crippen molar-refractivity contribution in [1.29, 1.82) is 0 Å². The zero-order valence-electron chi connectivity index (χ0n) is 13.9. The lowest BCUT2D eigenvalue weighted by Crippen LogP contribution is -2.16. The van der Waals surface area contributed by atoms with Crippen molar-refractivity contribution in [3.8, 4) is 0 Å². The fraction of sp³-hybridized carbons (Fsp3) is 0.556. The molecule has 0 amide bonds. The molecule has 0 unspecified atom stereocenters. The Labute approximate surface area is 132 Å². The van der Waals surface area contributed by atoms with E-state index in [0.717, 1.165) is 11.1 Å². The van der Waals surface area contributed by atoms with Gasteiger partial charge in [0, 0.05) is 0 Å². The molecule has 0 saturated heterocycles. The first-order valence-corrected chi connectivity index (χ1v) is 7.76. The number of hydrogen-bond acceptors (Lipinski definition) is 4. The summed E-state index contributed by atoms with van der Waals surface area (Å²) in [7, 11) is 0. The maximum atomic E-state index is 11.8. The summed E-state index contributed by atoms with van der Waals surface area (Å²) >= 11 is 0. The third-order valence-corrected chi connectivity index (χ3v) is 2.94. The molecule has 0 spiro atoms. The van der Waals surface area contributed by atoms with Crippen LogP contribution < -0.4 is 0 Å². The Morgan fingerprint density at radius 3 is 1.50 bits per heavy atom. The molecule has 0 saturated carbocycles. The van der Waals surface area contributed by atoms with E-state index in [1.807, 2.05) is 52.0 Å². The van der Waals surface area contributed by atoms with E-state index in [-0.39, 0.29) is 24.8 Å². The fourth-order valence-electron chi connectivity index (χ4n) is 1.83. The molecule has 4 nitrogen and oxygen atoms in total. The van der Waals surface area contributed by atoms with Crippen LogP contribution in [0.4, 0.5) is 0 Å². The SMILES string of the molecule is CC(C)COC(=O)Cc1ccccc1CC(=O)OCC(C)C. The highest BCUT2D eigenvalue weighted by Gasteiger charge is 2.13. The van der Waals surface area contributed by atoms with Crippen molar-refractivity contribution < 1.29 is 19.1 Å². The van der Waals surface area contributed by atoms with Crippen LogP contribution in [0, 0.1) is 11.8 Å². The molecule has 122 valence electrons. The first kappa shape index (κ1) is 18.2. The van der Waals surface area contributed by atoms with Gasteiger partial charge in [0.05, 0.1) is 26.1 Å². The summed E-state index contributed by atoms with van der Waals surface area (Å²) in [5, 5.41) is 0. The second kappa shape index (κ2) is 9.23. The van der Waals surface area contributed by atoms with Crippen LogP contribution in [0.25, 0.3) is 0 Å². The lowest BCUT2D eigenvalue weighted by Gasteiger charge is -2.11. The van der Waals surface area contributed by atoms with Gasteiger partial charge in [0.1, 0.15) is 0 Å². The Kier molecular flexibility index (Phi) is 7.64. The lowest BCUT2D eigenvalue weighted by molar-refractivity contribution is -0.145. The molecule has 0 aliphatic carbocycles. The molecule has 0 radical (unpaired) electrons. The van der Waals surface area contributed by atoms with Crippen LogP contribution in [0.5, 0.6) is 0 Å². The van der Waals surface area contributed by atoms with Crippen molar-refractivity contribution in [3.63, 3.8) is 0 Å². The molecule has 0 fully saturated rings. The van der Waals surface area contributed by atoms with E-state index >= 15 is 0 Å². The van der Waals surface area contributed by atoms with Crippen molar-refractivity contribution in [2.75, 3.05) is 13.2 Å². The maximum absolute atomic E-state index is 11.8. The molecule has 22 heavy (non-hydrogen) atoms. The normalized spacial score (nSPS) is 10.8. The van der Waals surface area contributed by atoms with E-state index in [4.69, 9.17) is 9.47 Å². The van der Waals surface area contributed by atoms with Crippen LogP contribution in [-0.2, 0) is 31.9 Å². The zero-order valence-corrected chi connectivity index (χ0v) is 13.9. The van der Waals surface area contributed by atoms with Gasteiger partial charge in [-0.1, -0.05) is 52.0 Å². The third kappa shape index (κ3) is 7.25. The number of esters is 2. The second-order valence-electron chi connectivity index (χ2n) is 6.28. The molecule has 1 rings (SSSR count). The number of benzene rings is 1. The van der Waals surface area contributed by atoms with Gasteiger partial charge in [-0.2, -0.15) is 0 Å². The van der Waals surface area contributed by atoms with Crippen molar-refractivity contribution in [2.45, 2.75) is 40.5 Å². The minimum atomic E-state index is -0.267. The predicted molar refractivity (Wildman–Crippen MR) is 85.4 cm³/mol. The molecule has 0 aliphatic heterocycles. The van der Waals surface area contributed by atoms with Gasteiger partial charge in [0.15, 0.2) is 0 Å². The molecule has 1 aromatic rings. The van der Waals surface area contributed by atoms with E-state index < -0.39 is 0 Å². The molecule has 0 aromatic heterocycles. The smallest absolute Gasteiger partial charge is 0.310 e. The fourth-order valence-corrected chi connectivity index (χ4v) is 1.83. The average Bonchev–Trinajstić information content (AvgIpc) is 2.45. The highest BCUT2D eigenvalue weighted by atomic mass is 16.5. The Bertz CT molecular complexity index is 447. The van der Waals surface area contributed by atoms with Crippen molar-refractivity contribution in [3.05, 3.63) is 35.4 Å². The van der Waals surface area contributed by atoms with Crippen LogP contribution in [0.15, 0.2) is 24.3 Å². The summed E-state index contributed by atoms with van der Waals surface area (Å²) < 4.78 is 10.4. The Morgan fingerprint density at radius 2 is 1.18 bits per heavy atom. The van der Waals surface area contributed by atoms with Gasteiger partial charge in [-0.05, 0) is 23.0 Å². The van der Waals surface area contributed by atoms with Crippen molar-refractivity contribution in [1.82, 2.24) is 0 Å². The van der Waals surface area contributed by atoms with E-state index in [9.17, 15) is 9.59 Å². The number of hydrogen-bond donors (Lipinski definition) is 0. The minimum absolute atomic E-state index is 0.181. The second-order valence-corrected chi connectivity index (χ2v) is 6.28. The molecule has 4 heteroatoms. The summed E-state index contributed by atoms with van der Waals surface area (Å²) in [5.74, 6) is 0.0869. The number of carbonyl (C=O) groups is 2. The molecule has 0 N–H and O–H groups in total. The van der Waals surface area contributed by atoms with Crippen LogP contribution >= 0.6 is 0 Å². The van der Waals surface area contributed by atoms with Gasteiger partial charge in [-0.25, -0.2) is 0 Å². The van der Waals surface area contributed by atoms with Crippen molar-refractivity contribution >= 4 is 11.9 Å². The minimum Gasteiger partial charge on any atom is -0.465 e. The van der Waals surface area contributed by atoms with Crippen LogP contribution in [0.1, 0.15) is 38.8 Å². The number of carbonyl (C=O) groups excluding carboxylic acids is 2. The number of rotatable bonds is 8. The first-order chi connectivity index (χ1) is 10.4. The molecular weight excluding hydrogens is 280 g/mol. The van der Waals surface area contributed by atoms with E-state index in [2.05, 4.69) is 0 Å². The van der Waals surface area contributed by atoms with Crippen LogP contribution in [-0.4, -0.2) is 25.2 Å². The number of ether oxygens (including phenoxy) is 2. The maximum Gasteiger partial charge on any atom is 0.310 e. The molecule has 0 bridgehead atoms. The Balaban J connectivity index is 2.61. The summed E-state index contributed by atoms with van der Waals surface area (Å²) in [6.07, 6.45) is 0.362. The van der Waals surface area contributed by atoms with E-state index in [1.54, 1.807) is 0 Å². The summed E-state index contributed by atoms with van der Waals surface area (Å²) in [6, 6.07) is 7.41. The molecule has 0 heterocycles. The first-order valence-electron chi connectivity index (χ1n) is 7.76. The largest absolute Gasteiger partial charge is 0.465 e. The zero-order chi connectivity index (χ0) is 16.5. The van der Waals surface area contributed by atoms with Gasteiger partial charge >= 0.3 is 11.9 Å². The van der Waals surface area contributed by atoms with Gasteiger partial charge in [-0.3, -0.25) is 9.59 Å². The van der Waals surface area contributed by atoms with Gasteiger partial charge < -0.3 is 9.47 Å². The molecular formula is C18H26O4. The summed E-state index contributed by atoms with van der Waals surface area (Å²) in [6.45, 7) is 8.80. The molecule has 0 atom stereocenters. The molecule has 0 aliphatic rings. The molecule has 1 aromatic carbocycles. The highest BCUT2D eigenvalue weighted by Crippen LogP contribution is 2.12. The van der Waals surface area contributed by atoms with Crippen LogP contribution in [0.3, 0.4) is 0 Å². The highest BCUT2D eigenvalue weighted by molar-refractivity contribution is 5.76. The van der Waals surface area contributed by atoms with Gasteiger partial charge in [0.2, 0.25) is 0 Å². The summed E-state index contributed by atoms with van der Waals surface area (Å²) in [5.41, 5.74) is 1.63. The summed E-state index contributed by atoms with van der Waals surface area (Å²) in [4.78, 5) is 23.7. The standard InChI is InChI=1S/C18H26O4/c1-13(2)11-21-17(19)9-15-7-5-6-8-16(15)10-18(20)22-12-14(3)4/h5-8,13-14H,9-12H2,1-4H3. The average molecular weight is 306 g/mol. The Hall–Kier alpha value is -1.84. The monoisotopic (exact) mass is 306 g/mol. The predicted octanol–water partition coefficient (Wildman–Crippen LogP) is 3.17. The van der Waals surface area contributed by atoms with Crippen molar-refractivity contribution in [2.24, 2.45) is 11.8 Å². The van der Waals surface area contributed by atoms with Gasteiger partial charge in [0.25, 0.3) is 0 Å². The third-order valence-electron chi connectivity index (χ3n) is 2.94. The van der Waals surface area contributed by atoms with E-state index in [0.29, 0.717) is 25.0 Å². The Morgan fingerprint density at radius 1 is 0.818 bits per heavy atom. The lowest BCUT2D eigenvalue weighted by atomic mass is 10.0. The van der Waals surface area contributed by atoms with Crippen LogP contribution in [0.2, 0.25) is 0 Å². The quantitative estimate of drug-likeness (QED) is 0.692. The van der Waals surface area contributed by atoms with Gasteiger partial charge in [-0.15, -0.1) is 0 Å². The van der Waals surface area contributed by atoms with E-state index in [1.165, 1.54) is 0 Å². The topological polar surface area (TPSA) is 52.6 Å².